The van der Waals surface area contributed by atoms with Crippen LogP contribution >= 0.6 is 0 Å². The molecule has 178 valence electrons. The quantitative estimate of drug-likeness (QED) is 0.472. The van der Waals surface area contributed by atoms with Crippen LogP contribution in [0.4, 0.5) is 14.5 Å². The van der Waals surface area contributed by atoms with E-state index in [-0.39, 0.29) is 23.6 Å². The van der Waals surface area contributed by atoms with Gasteiger partial charge in [0.2, 0.25) is 5.91 Å². The van der Waals surface area contributed by atoms with Gasteiger partial charge < -0.3 is 9.80 Å². The molecular formula is C28H31F2N3O. The second kappa shape index (κ2) is 10.8. The van der Waals surface area contributed by atoms with Crippen molar-refractivity contribution in [2.75, 3.05) is 44.2 Å². The van der Waals surface area contributed by atoms with E-state index >= 15 is 4.39 Å². The maximum absolute atomic E-state index is 15.1. The minimum atomic E-state index is -0.339. The van der Waals surface area contributed by atoms with Gasteiger partial charge in [-0.2, -0.15) is 0 Å². The molecule has 4 nitrogen and oxygen atoms in total. The first-order valence-corrected chi connectivity index (χ1v) is 11.9. The van der Waals surface area contributed by atoms with Crippen molar-refractivity contribution in [2.24, 2.45) is 0 Å². The largest absolute Gasteiger partial charge is 0.367 e. The van der Waals surface area contributed by atoms with Crippen molar-refractivity contribution in [3.05, 3.63) is 90.0 Å². The fraction of sp³-hybridized carbons (Fsp3) is 0.321. The van der Waals surface area contributed by atoms with E-state index in [0.717, 1.165) is 11.1 Å². The third-order valence-electron chi connectivity index (χ3n) is 6.57. The lowest BCUT2D eigenvalue weighted by Gasteiger charge is -2.41. The standard InChI is InChI=1S/C28H31F2N3O/c1-3-31(4-2)28(34)27(22-8-6-5-7-9-22)33-18-16-32(17-19-33)26-15-12-23(20-25(26)30)21-10-13-24(29)14-11-21/h5-15,20,27H,3-4,16-19H2,1-2H3. The Morgan fingerprint density at radius 1 is 0.853 bits per heavy atom. The van der Waals surface area contributed by atoms with Crippen LogP contribution in [0.2, 0.25) is 0 Å². The first-order valence-electron chi connectivity index (χ1n) is 11.9. The normalized spacial score (nSPS) is 15.2. The second-order valence-electron chi connectivity index (χ2n) is 8.52. The van der Waals surface area contributed by atoms with Gasteiger partial charge in [0.05, 0.1) is 5.69 Å². The summed E-state index contributed by atoms with van der Waals surface area (Å²) in [5.41, 5.74) is 3.03. The molecule has 0 aliphatic carbocycles. The highest BCUT2D eigenvalue weighted by Gasteiger charge is 2.33. The number of hydrogen-bond donors (Lipinski definition) is 0. The molecule has 1 aliphatic rings. The van der Waals surface area contributed by atoms with E-state index in [4.69, 9.17) is 0 Å². The van der Waals surface area contributed by atoms with Gasteiger partial charge in [0, 0.05) is 39.3 Å². The smallest absolute Gasteiger partial charge is 0.244 e. The summed E-state index contributed by atoms with van der Waals surface area (Å²) < 4.78 is 28.3. The number of piperazine rings is 1. The Morgan fingerprint density at radius 2 is 1.47 bits per heavy atom. The fourth-order valence-electron chi connectivity index (χ4n) is 4.66. The van der Waals surface area contributed by atoms with Gasteiger partial charge in [0.1, 0.15) is 17.7 Å². The Kier molecular flexibility index (Phi) is 7.58. The summed E-state index contributed by atoms with van der Waals surface area (Å²) >= 11 is 0. The number of hydrogen-bond acceptors (Lipinski definition) is 3. The number of nitrogens with zero attached hydrogens (tertiary/aromatic N) is 3. The van der Waals surface area contributed by atoms with E-state index in [1.807, 2.05) is 60.0 Å². The highest BCUT2D eigenvalue weighted by molar-refractivity contribution is 5.83. The summed E-state index contributed by atoms with van der Waals surface area (Å²) in [6.45, 7) is 7.91. The average molecular weight is 464 g/mol. The van der Waals surface area contributed by atoms with Crippen molar-refractivity contribution in [1.29, 1.82) is 0 Å². The van der Waals surface area contributed by atoms with Crippen LogP contribution in [-0.4, -0.2) is 55.0 Å². The summed E-state index contributed by atoms with van der Waals surface area (Å²) in [5, 5.41) is 0. The van der Waals surface area contributed by atoms with E-state index < -0.39 is 0 Å². The third-order valence-corrected chi connectivity index (χ3v) is 6.57. The number of carbonyl (C=O) groups is 1. The molecule has 1 saturated heterocycles. The maximum atomic E-state index is 15.1. The second-order valence-corrected chi connectivity index (χ2v) is 8.52. The van der Waals surface area contributed by atoms with Crippen molar-refractivity contribution in [2.45, 2.75) is 19.9 Å². The van der Waals surface area contributed by atoms with Crippen molar-refractivity contribution >= 4 is 11.6 Å². The Labute approximate surface area is 200 Å². The molecule has 0 aromatic heterocycles. The molecule has 1 unspecified atom stereocenters. The summed E-state index contributed by atoms with van der Waals surface area (Å²) in [6.07, 6.45) is 0. The molecule has 0 saturated carbocycles. The fourth-order valence-corrected chi connectivity index (χ4v) is 4.66. The van der Waals surface area contributed by atoms with E-state index in [2.05, 4.69) is 4.90 Å². The lowest BCUT2D eigenvalue weighted by Crippen LogP contribution is -2.51. The van der Waals surface area contributed by atoms with Crippen LogP contribution in [0.5, 0.6) is 0 Å². The molecule has 1 atom stereocenters. The number of benzene rings is 3. The van der Waals surface area contributed by atoms with Crippen molar-refractivity contribution < 1.29 is 13.6 Å². The van der Waals surface area contributed by atoms with E-state index in [9.17, 15) is 9.18 Å². The Bertz CT molecular complexity index is 1090. The van der Waals surface area contributed by atoms with Gasteiger partial charge in [-0.05, 0) is 54.8 Å². The predicted octanol–water partition coefficient (Wildman–Crippen LogP) is 5.36. The summed E-state index contributed by atoms with van der Waals surface area (Å²) in [4.78, 5) is 19.5. The molecular weight excluding hydrogens is 432 g/mol. The van der Waals surface area contributed by atoms with Crippen LogP contribution in [0.25, 0.3) is 11.1 Å². The molecule has 1 amide bonds. The molecule has 4 rings (SSSR count). The van der Waals surface area contributed by atoms with Gasteiger partial charge in [0.15, 0.2) is 0 Å². The van der Waals surface area contributed by atoms with E-state index in [1.54, 1.807) is 18.2 Å². The van der Waals surface area contributed by atoms with Crippen molar-refractivity contribution in [3.63, 3.8) is 0 Å². The van der Waals surface area contributed by atoms with Gasteiger partial charge in [-0.25, -0.2) is 8.78 Å². The van der Waals surface area contributed by atoms with Gasteiger partial charge >= 0.3 is 0 Å². The molecule has 34 heavy (non-hydrogen) atoms. The van der Waals surface area contributed by atoms with Crippen LogP contribution < -0.4 is 4.90 Å². The highest BCUT2D eigenvalue weighted by atomic mass is 19.1. The summed E-state index contributed by atoms with van der Waals surface area (Å²) in [5.74, 6) is -0.499. The third kappa shape index (κ3) is 5.12. The monoisotopic (exact) mass is 463 g/mol. The molecule has 0 bridgehead atoms. The Morgan fingerprint density at radius 3 is 2.06 bits per heavy atom. The SMILES string of the molecule is CCN(CC)C(=O)C(c1ccccc1)N1CCN(c2ccc(-c3ccc(F)cc3)cc2F)CC1. The number of carbonyl (C=O) groups excluding carboxylic acids is 1. The zero-order valence-electron chi connectivity index (χ0n) is 19.8. The van der Waals surface area contributed by atoms with Crippen LogP contribution in [0.15, 0.2) is 72.8 Å². The molecule has 3 aromatic rings. The Hall–Kier alpha value is -3.25. The number of rotatable bonds is 7. The number of amides is 1. The highest BCUT2D eigenvalue weighted by Crippen LogP contribution is 2.30. The average Bonchev–Trinajstić information content (AvgIpc) is 2.87. The maximum Gasteiger partial charge on any atom is 0.244 e. The van der Waals surface area contributed by atoms with Crippen molar-refractivity contribution in [3.8, 4) is 11.1 Å². The van der Waals surface area contributed by atoms with Crippen molar-refractivity contribution in [1.82, 2.24) is 9.80 Å². The number of likely N-dealkylation sites (N-methyl/N-ethyl adjacent to an activating group) is 1. The zero-order chi connectivity index (χ0) is 24.1. The lowest BCUT2D eigenvalue weighted by molar-refractivity contribution is -0.137. The molecule has 0 N–H and O–H groups in total. The first kappa shape index (κ1) is 23.9. The molecule has 3 aromatic carbocycles. The summed E-state index contributed by atoms with van der Waals surface area (Å²) in [6, 6.07) is 20.8. The minimum absolute atomic E-state index is 0.111. The van der Waals surface area contributed by atoms with E-state index in [1.165, 1.54) is 18.2 Å². The van der Waals surface area contributed by atoms with Crippen LogP contribution in [0, 0.1) is 11.6 Å². The van der Waals surface area contributed by atoms with Gasteiger partial charge in [-0.15, -0.1) is 0 Å². The van der Waals surface area contributed by atoms with E-state index in [0.29, 0.717) is 50.5 Å². The van der Waals surface area contributed by atoms with Gasteiger partial charge in [-0.1, -0.05) is 48.5 Å². The molecule has 1 fully saturated rings. The van der Waals surface area contributed by atoms with Crippen LogP contribution in [0.3, 0.4) is 0 Å². The molecule has 1 aliphatic heterocycles. The van der Waals surface area contributed by atoms with Gasteiger partial charge in [-0.3, -0.25) is 9.69 Å². The number of halogens is 2. The van der Waals surface area contributed by atoms with Crippen LogP contribution in [-0.2, 0) is 4.79 Å². The topological polar surface area (TPSA) is 26.8 Å². The summed E-state index contributed by atoms with van der Waals surface area (Å²) in [7, 11) is 0. The minimum Gasteiger partial charge on any atom is -0.367 e. The van der Waals surface area contributed by atoms with Crippen LogP contribution in [0.1, 0.15) is 25.5 Å². The predicted molar refractivity (Wildman–Crippen MR) is 133 cm³/mol. The first-order chi connectivity index (χ1) is 16.5. The molecule has 0 spiro atoms. The lowest BCUT2D eigenvalue weighted by atomic mass is 10.0. The molecule has 1 heterocycles. The number of anilines is 1. The molecule has 0 radical (unpaired) electrons. The molecule has 6 heteroatoms. The zero-order valence-corrected chi connectivity index (χ0v) is 19.8. The Balaban J connectivity index is 1.50. The van der Waals surface area contributed by atoms with Gasteiger partial charge in [0.25, 0.3) is 0 Å².